The second-order valence-corrected chi connectivity index (χ2v) is 9.72. The summed E-state index contributed by atoms with van der Waals surface area (Å²) in [7, 11) is 0. The van der Waals surface area contributed by atoms with E-state index in [1.54, 1.807) is 6.92 Å². The lowest BCUT2D eigenvalue weighted by Gasteiger charge is -2.13. The van der Waals surface area contributed by atoms with Crippen LogP contribution in [-0.4, -0.2) is 30.1 Å². The van der Waals surface area contributed by atoms with Gasteiger partial charge in [0.25, 0.3) is 5.91 Å². The number of carbonyl (C=O) groups excluding carboxylic acids is 2. The van der Waals surface area contributed by atoms with E-state index in [4.69, 9.17) is 14.5 Å². The fourth-order valence-electron chi connectivity index (χ4n) is 4.64. The molecule has 0 atom stereocenters. The Morgan fingerprint density at radius 1 is 1.00 bits per heavy atom. The zero-order valence-corrected chi connectivity index (χ0v) is 21.2. The van der Waals surface area contributed by atoms with E-state index in [-0.39, 0.29) is 18.5 Å². The summed E-state index contributed by atoms with van der Waals surface area (Å²) in [6.45, 7) is 4.62. The first-order valence-corrected chi connectivity index (χ1v) is 13.2. The molecule has 1 amide bonds. The molecule has 4 aromatic rings. The Kier molecular flexibility index (Phi) is 7.00. The smallest absolute Gasteiger partial charge is 0.341 e. The molecule has 0 bridgehead atoms. The summed E-state index contributed by atoms with van der Waals surface area (Å²) in [5.74, 6) is 0.139. The lowest BCUT2D eigenvalue weighted by atomic mass is 9.95. The Balaban J connectivity index is 1.54. The zero-order chi connectivity index (χ0) is 25.1. The number of aryl methyl sites for hydroxylation is 1. The highest BCUT2D eigenvalue weighted by molar-refractivity contribution is 7.17. The number of nitrogens with one attached hydrogen (secondary N) is 1. The van der Waals surface area contributed by atoms with Gasteiger partial charge in [0.15, 0.2) is 0 Å². The number of thiophene rings is 1. The number of fused-ring (bicyclic) bond motifs is 2. The topological polar surface area (TPSA) is 77.5 Å². The Morgan fingerprint density at radius 2 is 1.78 bits per heavy atom. The number of pyridine rings is 1. The molecule has 7 heteroatoms. The number of nitrogens with zero attached hydrogens (tertiary/aromatic N) is 1. The summed E-state index contributed by atoms with van der Waals surface area (Å²) >= 11 is 1.49. The minimum absolute atomic E-state index is 0.273. The van der Waals surface area contributed by atoms with E-state index in [9.17, 15) is 9.59 Å². The molecule has 0 fully saturated rings. The number of amides is 1. The van der Waals surface area contributed by atoms with Crippen LogP contribution in [0.4, 0.5) is 5.00 Å². The monoisotopic (exact) mass is 500 g/mol. The van der Waals surface area contributed by atoms with Crippen molar-refractivity contribution in [3.05, 3.63) is 76.2 Å². The third-order valence-corrected chi connectivity index (χ3v) is 7.51. The SMILES string of the molecule is CCOC(=O)c1c(NC(=O)c2cc(-c3ccc(OCC)cc3)nc3ccccc23)sc2c1CCCC2. The second-order valence-electron chi connectivity index (χ2n) is 8.62. The minimum Gasteiger partial charge on any atom is -0.494 e. The zero-order valence-electron chi connectivity index (χ0n) is 20.4. The number of benzene rings is 2. The van der Waals surface area contributed by atoms with Gasteiger partial charge in [0.05, 0.1) is 35.6 Å². The summed E-state index contributed by atoms with van der Waals surface area (Å²) in [5.41, 5.74) is 4.34. The van der Waals surface area contributed by atoms with Crippen LogP contribution in [0.15, 0.2) is 54.6 Å². The largest absolute Gasteiger partial charge is 0.494 e. The van der Waals surface area contributed by atoms with Gasteiger partial charge in [0.2, 0.25) is 0 Å². The lowest BCUT2D eigenvalue weighted by molar-refractivity contribution is 0.0526. The van der Waals surface area contributed by atoms with Crippen LogP contribution >= 0.6 is 11.3 Å². The standard InChI is InChI=1S/C29H28N2O4S/c1-3-34-19-15-13-18(14-16-19)24-17-22(20-9-5-7-11-23(20)30-24)27(32)31-28-26(29(33)35-4-2)21-10-6-8-12-25(21)36-28/h5,7,9,11,13-17H,3-4,6,8,10,12H2,1-2H3,(H,31,32). The van der Waals surface area contributed by atoms with Crippen molar-refractivity contribution < 1.29 is 19.1 Å². The van der Waals surface area contributed by atoms with Crippen molar-refractivity contribution >= 4 is 39.1 Å². The van der Waals surface area contributed by atoms with E-state index in [1.165, 1.54) is 11.3 Å². The minimum atomic E-state index is -0.373. The fourth-order valence-corrected chi connectivity index (χ4v) is 5.92. The number of carbonyl (C=O) groups is 2. The van der Waals surface area contributed by atoms with Gasteiger partial charge in [-0.3, -0.25) is 4.79 Å². The van der Waals surface area contributed by atoms with Crippen molar-refractivity contribution in [1.29, 1.82) is 0 Å². The number of ether oxygens (including phenoxy) is 2. The van der Waals surface area contributed by atoms with Crippen molar-refractivity contribution in [3.8, 4) is 17.0 Å². The first-order chi connectivity index (χ1) is 17.6. The van der Waals surface area contributed by atoms with Gasteiger partial charge in [-0.25, -0.2) is 9.78 Å². The van der Waals surface area contributed by atoms with Crippen LogP contribution in [-0.2, 0) is 17.6 Å². The van der Waals surface area contributed by atoms with Gasteiger partial charge in [0.1, 0.15) is 10.8 Å². The van der Waals surface area contributed by atoms with Crippen molar-refractivity contribution in [2.75, 3.05) is 18.5 Å². The van der Waals surface area contributed by atoms with Gasteiger partial charge < -0.3 is 14.8 Å². The molecule has 5 rings (SSSR count). The van der Waals surface area contributed by atoms with E-state index in [0.29, 0.717) is 28.4 Å². The van der Waals surface area contributed by atoms with Crippen molar-refractivity contribution in [2.45, 2.75) is 39.5 Å². The summed E-state index contributed by atoms with van der Waals surface area (Å²) in [4.78, 5) is 32.5. The van der Waals surface area contributed by atoms with Crippen molar-refractivity contribution in [1.82, 2.24) is 4.98 Å². The lowest BCUT2D eigenvalue weighted by Crippen LogP contribution is -2.16. The Bertz CT molecular complexity index is 1430. The molecule has 2 heterocycles. The molecule has 184 valence electrons. The molecule has 6 nitrogen and oxygen atoms in total. The maximum absolute atomic E-state index is 13.7. The number of hydrogen-bond acceptors (Lipinski definition) is 6. The van der Waals surface area contributed by atoms with E-state index in [0.717, 1.165) is 58.3 Å². The summed E-state index contributed by atoms with van der Waals surface area (Å²) in [6.07, 6.45) is 3.87. The van der Waals surface area contributed by atoms with Crippen LogP contribution in [0.3, 0.4) is 0 Å². The Morgan fingerprint density at radius 3 is 2.56 bits per heavy atom. The van der Waals surface area contributed by atoms with Crippen LogP contribution in [0.1, 0.15) is 57.8 Å². The maximum atomic E-state index is 13.7. The molecule has 0 spiro atoms. The molecule has 1 N–H and O–H groups in total. The Hall–Kier alpha value is -3.71. The van der Waals surface area contributed by atoms with E-state index in [2.05, 4.69) is 5.32 Å². The van der Waals surface area contributed by atoms with Gasteiger partial charge in [-0.05, 0) is 81.5 Å². The highest BCUT2D eigenvalue weighted by atomic mass is 32.1. The first kappa shape index (κ1) is 24.0. The van der Waals surface area contributed by atoms with Gasteiger partial charge in [-0.2, -0.15) is 0 Å². The molecule has 0 aliphatic heterocycles. The average Bonchev–Trinajstić information content (AvgIpc) is 3.26. The van der Waals surface area contributed by atoms with E-state index < -0.39 is 0 Å². The number of para-hydroxylation sites is 1. The molecule has 1 aliphatic carbocycles. The van der Waals surface area contributed by atoms with Crippen LogP contribution in [0, 0.1) is 0 Å². The molecule has 0 saturated heterocycles. The predicted octanol–water partition coefficient (Wildman–Crippen LogP) is 6.67. The molecule has 36 heavy (non-hydrogen) atoms. The molecule has 2 aromatic heterocycles. The molecule has 2 aromatic carbocycles. The van der Waals surface area contributed by atoms with Gasteiger partial charge >= 0.3 is 5.97 Å². The number of anilines is 1. The maximum Gasteiger partial charge on any atom is 0.341 e. The van der Waals surface area contributed by atoms with Crippen LogP contribution in [0.2, 0.25) is 0 Å². The summed E-state index contributed by atoms with van der Waals surface area (Å²) in [6, 6.07) is 17.1. The van der Waals surface area contributed by atoms with Gasteiger partial charge in [0, 0.05) is 15.8 Å². The second kappa shape index (κ2) is 10.5. The quantitative estimate of drug-likeness (QED) is 0.287. The fraction of sp³-hybridized carbons (Fsp3) is 0.276. The third kappa shape index (κ3) is 4.71. The summed E-state index contributed by atoms with van der Waals surface area (Å²) < 4.78 is 10.9. The van der Waals surface area contributed by atoms with E-state index in [1.807, 2.05) is 61.5 Å². The molecule has 1 aliphatic rings. The molecular formula is C29H28N2O4S. The molecular weight excluding hydrogens is 472 g/mol. The normalized spacial score (nSPS) is 12.7. The Labute approximate surface area is 214 Å². The van der Waals surface area contributed by atoms with Crippen molar-refractivity contribution in [2.24, 2.45) is 0 Å². The first-order valence-electron chi connectivity index (χ1n) is 12.3. The highest BCUT2D eigenvalue weighted by Gasteiger charge is 2.28. The number of esters is 1. The van der Waals surface area contributed by atoms with Crippen LogP contribution < -0.4 is 10.1 Å². The van der Waals surface area contributed by atoms with Gasteiger partial charge in [-0.15, -0.1) is 11.3 Å². The number of aromatic nitrogens is 1. The average molecular weight is 501 g/mol. The summed E-state index contributed by atoms with van der Waals surface area (Å²) in [5, 5.41) is 4.37. The molecule has 0 radical (unpaired) electrons. The van der Waals surface area contributed by atoms with Crippen molar-refractivity contribution in [3.63, 3.8) is 0 Å². The molecule has 0 saturated carbocycles. The number of hydrogen-bond donors (Lipinski definition) is 1. The van der Waals surface area contributed by atoms with Gasteiger partial charge in [-0.1, -0.05) is 18.2 Å². The predicted molar refractivity (Wildman–Crippen MR) is 143 cm³/mol. The highest BCUT2D eigenvalue weighted by Crippen LogP contribution is 2.39. The third-order valence-electron chi connectivity index (χ3n) is 6.30. The van der Waals surface area contributed by atoms with Crippen LogP contribution in [0.25, 0.3) is 22.2 Å². The van der Waals surface area contributed by atoms with E-state index >= 15 is 0 Å². The van der Waals surface area contributed by atoms with Crippen LogP contribution in [0.5, 0.6) is 5.75 Å². The molecule has 0 unspecified atom stereocenters. The number of rotatable bonds is 7.